The van der Waals surface area contributed by atoms with Crippen molar-refractivity contribution in [3.8, 4) is 0 Å². The van der Waals surface area contributed by atoms with Gasteiger partial charge in [0, 0.05) is 25.6 Å². The molecule has 1 fully saturated rings. The Morgan fingerprint density at radius 1 is 1.53 bits per heavy atom. The van der Waals surface area contributed by atoms with Crippen molar-refractivity contribution in [2.75, 3.05) is 25.4 Å². The Hall–Kier alpha value is -0.260. The number of hydrogen-bond donors (Lipinski definition) is 3. The van der Waals surface area contributed by atoms with E-state index in [2.05, 4.69) is 31.4 Å². The van der Waals surface area contributed by atoms with Gasteiger partial charge in [-0.1, -0.05) is 20.8 Å². The molecule has 3 unspecified atom stereocenters. The van der Waals surface area contributed by atoms with E-state index in [0.717, 1.165) is 12.3 Å². The third kappa shape index (κ3) is 4.48. The van der Waals surface area contributed by atoms with Crippen molar-refractivity contribution in [1.82, 2.24) is 10.6 Å². The van der Waals surface area contributed by atoms with E-state index in [1.54, 1.807) is 11.8 Å². The summed E-state index contributed by atoms with van der Waals surface area (Å²) in [5, 5.41) is 15.7. The zero-order chi connectivity index (χ0) is 12.8. The number of aliphatic hydroxyl groups excluding tert-OH is 1. The molecule has 17 heavy (non-hydrogen) atoms. The number of aliphatic hydroxyl groups is 1. The molecule has 0 bridgehead atoms. The summed E-state index contributed by atoms with van der Waals surface area (Å²) < 4.78 is 0. The first-order chi connectivity index (χ1) is 8.06. The average molecular weight is 260 g/mol. The maximum atomic E-state index is 12.0. The highest BCUT2D eigenvalue weighted by molar-refractivity contribution is 8.00. The second kappa shape index (κ2) is 7.24. The summed E-state index contributed by atoms with van der Waals surface area (Å²) in [5.41, 5.74) is 0. The quantitative estimate of drug-likeness (QED) is 0.649. The zero-order valence-electron chi connectivity index (χ0n) is 10.9. The van der Waals surface area contributed by atoms with E-state index >= 15 is 0 Å². The van der Waals surface area contributed by atoms with Gasteiger partial charge in [-0.05, 0) is 11.7 Å². The summed E-state index contributed by atoms with van der Waals surface area (Å²) >= 11 is 1.69. The molecule has 1 saturated heterocycles. The number of hydrogen-bond acceptors (Lipinski definition) is 4. The molecule has 0 spiro atoms. The van der Waals surface area contributed by atoms with Crippen LogP contribution >= 0.6 is 11.8 Å². The van der Waals surface area contributed by atoms with Gasteiger partial charge in [-0.2, -0.15) is 0 Å². The monoisotopic (exact) mass is 260 g/mol. The van der Waals surface area contributed by atoms with Crippen LogP contribution in [0.4, 0.5) is 0 Å². The fourth-order valence-electron chi connectivity index (χ4n) is 2.01. The van der Waals surface area contributed by atoms with Crippen molar-refractivity contribution in [3.05, 3.63) is 0 Å². The Bertz CT molecular complexity index is 249. The summed E-state index contributed by atoms with van der Waals surface area (Å²) in [6, 6.07) is 0. The molecule has 0 aromatic carbocycles. The second-order valence-corrected chi connectivity index (χ2v) is 6.27. The highest BCUT2D eigenvalue weighted by Gasteiger charge is 2.27. The lowest BCUT2D eigenvalue weighted by molar-refractivity contribution is -0.121. The molecule has 1 heterocycles. The number of rotatable bonds is 6. The van der Waals surface area contributed by atoms with Crippen LogP contribution in [0.3, 0.4) is 0 Å². The Labute approximate surface area is 108 Å². The van der Waals surface area contributed by atoms with Gasteiger partial charge in [-0.15, -0.1) is 11.8 Å². The van der Waals surface area contributed by atoms with Crippen molar-refractivity contribution in [1.29, 1.82) is 0 Å². The van der Waals surface area contributed by atoms with Crippen LogP contribution in [0.5, 0.6) is 0 Å². The largest absolute Gasteiger partial charge is 0.391 e. The van der Waals surface area contributed by atoms with Gasteiger partial charge >= 0.3 is 0 Å². The van der Waals surface area contributed by atoms with Gasteiger partial charge in [0.05, 0.1) is 11.4 Å². The molecular formula is C12H24N2O2S. The molecule has 1 rings (SSSR count). The van der Waals surface area contributed by atoms with Crippen molar-refractivity contribution in [2.45, 2.75) is 32.1 Å². The van der Waals surface area contributed by atoms with Crippen molar-refractivity contribution < 1.29 is 9.90 Å². The SMILES string of the molecule is CCSC(C(=O)NCC1CNCC1O)C(C)C. The Morgan fingerprint density at radius 2 is 2.24 bits per heavy atom. The molecule has 5 heteroatoms. The zero-order valence-corrected chi connectivity index (χ0v) is 11.7. The minimum atomic E-state index is -0.327. The fraction of sp³-hybridized carbons (Fsp3) is 0.917. The minimum absolute atomic E-state index is 0.0199. The molecule has 0 aromatic heterocycles. The standard InChI is InChI=1S/C12H24N2O2S/c1-4-17-11(8(2)3)12(16)14-6-9-5-13-7-10(9)15/h8-11,13,15H,4-7H2,1-3H3,(H,14,16). The number of β-amino-alcohol motifs (C(OH)–C–C–N with tert-alkyl or cyclic N) is 1. The van der Waals surface area contributed by atoms with Crippen LogP contribution < -0.4 is 10.6 Å². The van der Waals surface area contributed by atoms with Crippen molar-refractivity contribution >= 4 is 17.7 Å². The maximum Gasteiger partial charge on any atom is 0.233 e. The van der Waals surface area contributed by atoms with Gasteiger partial charge in [0.1, 0.15) is 0 Å². The van der Waals surface area contributed by atoms with Gasteiger partial charge in [0.25, 0.3) is 0 Å². The summed E-state index contributed by atoms with van der Waals surface area (Å²) in [6.07, 6.45) is -0.327. The van der Waals surface area contributed by atoms with Crippen LogP contribution in [-0.2, 0) is 4.79 Å². The second-order valence-electron chi connectivity index (χ2n) is 4.85. The first-order valence-electron chi connectivity index (χ1n) is 6.34. The molecule has 0 aromatic rings. The summed E-state index contributed by atoms with van der Waals surface area (Å²) in [6.45, 7) is 8.20. The molecule has 1 amide bonds. The Kier molecular flexibility index (Phi) is 6.30. The van der Waals surface area contributed by atoms with E-state index in [1.165, 1.54) is 0 Å². The lowest BCUT2D eigenvalue weighted by atomic mass is 10.1. The highest BCUT2D eigenvalue weighted by atomic mass is 32.2. The van der Waals surface area contributed by atoms with Gasteiger partial charge in [-0.3, -0.25) is 4.79 Å². The van der Waals surface area contributed by atoms with Crippen LogP contribution in [0.2, 0.25) is 0 Å². The summed E-state index contributed by atoms with van der Waals surface area (Å²) in [7, 11) is 0. The third-order valence-corrected chi connectivity index (χ3v) is 4.50. The van der Waals surface area contributed by atoms with E-state index in [-0.39, 0.29) is 23.2 Å². The van der Waals surface area contributed by atoms with Gasteiger partial charge in [-0.25, -0.2) is 0 Å². The van der Waals surface area contributed by atoms with Crippen LogP contribution in [0.15, 0.2) is 0 Å². The van der Waals surface area contributed by atoms with Gasteiger partial charge < -0.3 is 15.7 Å². The molecule has 0 saturated carbocycles. The normalized spacial score (nSPS) is 26.2. The van der Waals surface area contributed by atoms with E-state index in [1.807, 2.05) is 0 Å². The van der Waals surface area contributed by atoms with Crippen LogP contribution in [-0.4, -0.2) is 47.8 Å². The van der Waals surface area contributed by atoms with Crippen molar-refractivity contribution in [3.63, 3.8) is 0 Å². The molecule has 100 valence electrons. The topological polar surface area (TPSA) is 61.4 Å². The van der Waals surface area contributed by atoms with E-state index in [9.17, 15) is 9.90 Å². The van der Waals surface area contributed by atoms with Crippen molar-refractivity contribution in [2.24, 2.45) is 11.8 Å². The minimum Gasteiger partial charge on any atom is -0.391 e. The number of amides is 1. The molecule has 0 radical (unpaired) electrons. The lowest BCUT2D eigenvalue weighted by Crippen LogP contribution is -2.40. The lowest BCUT2D eigenvalue weighted by Gasteiger charge is -2.21. The number of carbonyl (C=O) groups is 1. The predicted molar refractivity (Wildman–Crippen MR) is 72.1 cm³/mol. The van der Waals surface area contributed by atoms with E-state index in [4.69, 9.17) is 0 Å². The number of nitrogens with one attached hydrogen (secondary N) is 2. The fourth-order valence-corrected chi connectivity index (χ4v) is 2.99. The molecule has 1 aliphatic rings. The van der Waals surface area contributed by atoms with Gasteiger partial charge in [0.2, 0.25) is 5.91 Å². The molecule has 1 aliphatic heterocycles. The number of carbonyl (C=O) groups excluding carboxylic acids is 1. The Balaban J connectivity index is 2.36. The maximum absolute atomic E-state index is 12.0. The van der Waals surface area contributed by atoms with E-state index in [0.29, 0.717) is 19.0 Å². The number of thioether (sulfide) groups is 1. The van der Waals surface area contributed by atoms with Gasteiger partial charge in [0.15, 0.2) is 0 Å². The average Bonchev–Trinajstić information content (AvgIpc) is 2.68. The first-order valence-corrected chi connectivity index (χ1v) is 7.39. The smallest absolute Gasteiger partial charge is 0.233 e. The van der Waals surface area contributed by atoms with Crippen LogP contribution in [0, 0.1) is 11.8 Å². The predicted octanol–water partition coefficient (Wildman–Crippen LogP) is 0.461. The molecule has 3 atom stereocenters. The van der Waals surface area contributed by atoms with Crippen LogP contribution in [0.1, 0.15) is 20.8 Å². The Morgan fingerprint density at radius 3 is 2.71 bits per heavy atom. The highest BCUT2D eigenvalue weighted by Crippen LogP contribution is 2.19. The molecule has 3 N–H and O–H groups in total. The van der Waals surface area contributed by atoms with E-state index < -0.39 is 0 Å². The molecular weight excluding hydrogens is 236 g/mol. The first kappa shape index (κ1) is 14.8. The third-order valence-electron chi connectivity index (χ3n) is 3.05. The molecule has 0 aliphatic carbocycles. The molecule has 4 nitrogen and oxygen atoms in total. The summed E-state index contributed by atoms with van der Waals surface area (Å²) in [5.74, 6) is 1.54. The summed E-state index contributed by atoms with van der Waals surface area (Å²) in [4.78, 5) is 12.0. The van der Waals surface area contributed by atoms with Crippen LogP contribution in [0.25, 0.3) is 0 Å².